The summed E-state index contributed by atoms with van der Waals surface area (Å²) in [7, 11) is -2.90. The van der Waals surface area contributed by atoms with Gasteiger partial charge in [-0.3, -0.25) is 9.59 Å². The second-order valence-corrected chi connectivity index (χ2v) is 12.8. The topological polar surface area (TPSA) is 124 Å². The number of aryl methyl sites for hydroxylation is 2. The Morgan fingerprint density at radius 3 is 2.62 bits per heavy atom. The van der Waals surface area contributed by atoms with E-state index in [0.29, 0.717) is 23.2 Å². The number of methoxy groups -OCH3 is 1. The lowest BCUT2D eigenvalue weighted by Crippen LogP contribution is -2.28. The van der Waals surface area contributed by atoms with E-state index in [1.807, 2.05) is 6.92 Å². The number of carbonyl (C=O) groups excluding carboxylic acids is 3. The maximum Gasteiger partial charge on any atom is 0.341 e. The predicted molar refractivity (Wildman–Crippen MR) is 140 cm³/mol. The van der Waals surface area contributed by atoms with E-state index in [2.05, 4.69) is 10.3 Å². The van der Waals surface area contributed by atoms with Crippen molar-refractivity contribution in [2.75, 3.05) is 23.9 Å². The van der Waals surface area contributed by atoms with Crippen molar-refractivity contribution in [1.82, 2.24) is 4.57 Å². The first-order chi connectivity index (χ1) is 17.6. The maximum absolute atomic E-state index is 13.6. The molecule has 1 N–H and O–H groups in total. The van der Waals surface area contributed by atoms with Gasteiger partial charge in [0, 0.05) is 11.4 Å². The molecule has 0 bridgehead atoms. The Hall–Kier alpha value is -2.90. The molecular weight excluding hydrogens is 541 g/mol. The SMILES string of the molecule is CCn1c(=NC(=O)CS(=O)(=O)CC(=O)Nc2sc3c(c2C(=O)OC)CCCCC3)sc2cc(F)ccc21. The van der Waals surface area contributed by atoms with Gasteiger partial charge >= 0.3 is 5.97 Å². The predicted octanol–water partition coefficient (Wildman–Crippen LogP) is 3.46. The van der Waals surface area contributed by atoms with Crippen molar-refractivity contribution in [3.8, 4) is 0 Å². The van der Waals surface area contributed by atoms with Crippen molar-refractivity contribution in [1.29, 1.82) is 0 Å². The summed E-state index contributed by atoms with van der Waals surface area (Å²) in [4.78, 5) is 42.7. The molecule has 2 amide bonds. The number of thiazole rings is 1. The summed E-state index contributed by atoms with van der Waals surface area (Å²) in [5.41, 5.74) is 1.79. The number of rotatable bonds is 7. The number of nitrogens with zero attached hydrogens (tertiary/aromatic N) is 2. The van der Waals surface area contributed by atoms with Crippen LogP contribution in [0.4, 0.5) is 9.39 Å². The molecule has 0 saturated carbocycles. The number of ether oxygens (including phenoxy) is 1. The Morgan fingerprint density at radius 1 is 1.14 bits per heavy atom. The highest BCUT2D eigenvalue weighted by Crippen LogP contribution is 2.38. The van der Waals surface area contributed by atoms with Gasteiger partial charge in [-0.15, -0.1) is 11.3 Å². The number of carbonyl (C=O) groups is 3. The Bertz CT molecular complexity index is 1550. The number of thiophene rings is 1. The van der Waals surface area contributed by atoms with Crippen molar-refractivity contribution < 1.29 is 31.9 Å². The molecule has 0 spiro atoms. The number of nitrogens with one attached hydrogen (secondary N) is 1. The van der Waals surface area contributed by atoms with Crippen LogP contribution in [0.25, 0.3) is 10.2 Å². The maximum atomic E-state index is 13.6. The van der Waals surface area contributed by atoms with Gasteiger partial charge in [-0.05, 0) is 56.4 Å². The van der Waals surface area contributed by atoms with Crippen molar-refractivity contribution in [2.45, 2.75) is 45.6 Å². The number of aromatic nitrogens is 1. The monoisotopic (exact) mass is 567 g/mol. The highest BCUT2D eigenvalue weighted by Gasteiger charge is 2.28. The fraction of sp³-hybridized carbons (Fsp3) is 0.417. The molecule has 9 nitrogen and oxygen atoms in total. The van der Waals surface area contributed by atoms with E-state index in [1.165, 1.54) is 30.6 Å². The van der Waals surface area contributed by atoms with Crippen LogP contribution >= 0.6 is 22.7 Å². The summed E-state index contributed by atoms with van der Waals surface area (Å²) in [5, 5.41) is 2.80. The standard InChI is InChI=1S/C24H26FN3O6S3/c1-3-28-16-10-9-14(25)11-18(16)36-24(28)27-20(30)13-37(32,33)12-19(29)26-22-21(23(31)34-2)15-7-5-4-6-8-17(15)35-22/h9-11H,3-8,12-13H2,1-2H3,(H,26,29). The number of sulfone groups is 1. The number of halogens is 1. The van der Waals surface area contributed by atoms with Gasteiger partial charge in [-0.2, -0.15) is 4.99 Å². The first-order valence-electron chi connectivity index (χ1n) is 11.7. The fourth-order valence-corrected chi connectivity index (χ4v) is 7.77. The first kappa shape index (κ1) is 27.1. The molecule has 0 aliphatic heterocycles. The molecule has 1 aliphatic rings. The molecule has 1 aliphatic carbocycles. The van der Waals surface area contributed by atoms with Crippen LogP contribution in [0.5, 0.6) is 0 Å². The molecule has 0 fully saturated rings. The Morgan fingerprint density at radius 2 is 1.89 bits per heavy atom. The van der Waals surface area contributed by atoms with E-state index in [-0.39, 0.29) is 15.4 Å². The normalized spacial score (nSPS) is 14.3. The third kappa shape index (κ3) is 6.16. The molecule has 2 heterocycles. The Labute approximate surface area is 220 Å². The number of fused-ring (bicyclic) bond motifs is 2. The van der Waals surface area contributed by atoms with Crippen molar-refractivity contribution in [3.63, 3.8) is 0 Å². The summed E-state index contributed by atoms with van der Waals surface area (Å²) >= 11 is 2.33. The summed E-state index contributed by atoms with van der Waals surface area (Å²) in [5.74, 6) is -4.70. The number of anilines is 1. The number of hydrogen-bond acceptors (Lipinski definition) is 8. The lowest BCUT2D eigenvalue weighted by molar-refractivity contribution is -0.115. The Balaban J connectivity index is 1.50. The van der Waals surface area contributed by atoms with Gasteiger partial charge in [0.2, 0.25) is 5.91 Å². The van der Waals surface area contributed by atoms with Crippen molar-refractivity contribution in [3.05, 3.63) is 44.8 Å². The second kappa shape index (κ2) is 11.2. The molecule has 0 saturated heterocycles. The second-order valence-electron chi connectivity index (χ2n) is 8.59. The lowest BCUT2D eigenvalue weighted by Gasteiger charge is -2.07. The molecule has 0 atom stereocenters. The molecule has 13 heteroatoms. The quantitative estimate of drug-likeness (QED) is 0.345. The van der Waals surface area contributed by atoms with Crippen LogP contribution in [-0.2, 0) is 43.5 Å². The molecular formula is C24H26FN3O6S3. The van der Waals surface area contributed by atoms with Gasteiger partial charge in [-0.25, -0.2) is 17.6 Å². The average molecular weight is 568 g/mol. The van der Waals surface area contributed by atoms with E-state index in [0.717, 1.165) is 47.5 Å². The van der Waals surface area contributed by atoms with Gasteiger partial charge in [-0.1, -0.05) is 17.8 Å². The van der Waals surface area contributed by atoms with Crippen LogP contribution in [0, 0.1) is 5.82 Å². The summed E-state index contributed by atoms with van der Waals surface area (Å²) < 4.78 is 46.0. The smallest absolute Gasteiger partial charge is 0.341 e. The summed E-state index contributed by atoms with van der Waals surface area (Å²) in [6.45, 7) is 2.27. The molecule has 1 aromatic carbocycles. The zero-order valence-electron chi connectivity index (χ0n) is 20.3. The van der Waals surface area contributed by atoms with E-state index in [9.17, 15) is 27.2 Å². The van der Waals surface area contributed by atoms with Gasteiger partial charge in [0.25, 0.3) is 5.91 Å². The molecule has 4 rings (SSSR count). The number of amides is 2. The van der Waals surface area contributed by atoms with Crippen molar-refractivity contribution in [2.24, 2.45) is 4.99 Å². The number of hydrogen-bond donors (Lipinski definition) is 1. The van der Waals surface area contributed by atoms with Crippen LogP contribution < -0.4 is 10.1 Å². The van der Waals surface area contributed by atoms with Crippen LogP contribution in [0.2, 0.25) is 0 Å². The minimum atomic E-state index is -4.15. The molecule has 37 heavy (non-hydrogen) atoms. The summed E-state index contributed by atoms with van der Waals surface area (Å²) in [6.07, 6.45) is 4.37. The minimum absolute atomic E-state index is 0.246. The van der Waals surface area contributed by atoms with Crippen LogP contribution in [0.15, 0.2) is 23.2 Å². The summed E-state index contributed by atoms with van der Waals surface area (Å²) in [6, 6.07) is 4.19. The van der Waals surface area contributed by atoms with Crippen LogP contribution in [0.1, 0.15) is 47.0 Å². The molecule has 0 radical (unpaired) electrons. The lowest BCUT2D eigenvalue weighted by atomic mass is 10.1. The van der Waals surface area contributed by atoms with E-state index in [1.54, 1.807) is 10.6 Å². The van der Waals surface area contributed by atoms with Crippen molar-refractivity contribution >= 4 is 65.5 Å². The average Bonchev–Trinajstić information content (AvgIpc) is 3.23. The van der Waals surface area contributed by atoms with Crippen LogP contribution in [-0.4, -0.2) is 49.4 Å². The molecule has 3 aromatic rings. The molecule has 0 unspecified atom stereocenters. The number of benzene rings is 1. The highest BCUT2D eigenvalue weighted by molar-refractivity contribution is 7.92. The highest BCUT2D eigenvalue weighted by atomic mass is 32.2. The van der Waals surface area contributed by atoms with E-state index >= 15 is 0 Å². The van der Waals surface area contributed by atoms with E-state index in [4.69, 9.17) is 4.74 Å². The van der Waals surface area contributed by atoms with Crippen LogP contribution in [0.3, 0.4) is 0 Å². The largest absolute Gasteiger partial charge is 0.465 e. The molecule has 198 valence electrons. The third-order valence-electron chi connectivity index (χ3n) is 5.94. The van der Waals surface area contributed by atoms with Gasteiger partial charge in [0.05, 0.1) is 22.9 Å². The third-order valence-corrected chi connectivity index (χ3v) is 9.58. The van der Waals surface area contributed by atoms with Gasteiger partial charge in [0.15, 0.2) is 14.6 Å². The van der Waals surface area contributed by atoms with Gasteiger partial charge < -0.3 is 14.6 Å². The fourth-order valence-electron chi connectivity index (χ4n) is 4.33. The first-order valence-corrected chi connectivity index (χ1v) is 15.2. The zero-order chi connectivity index (χ0) is 26.7. The van der Waals surface area contributed by atoms with E-state index < -0.39 is 44.9 Å². The zero-order valence-corrected chi connectivity index (χ0v) is 22.8. The Kier molecular flexibility index (Phi) is 8.24. The van der Waals surface area contributed by atoms with Gasteiger partial charge in [0.1, 0.15) is 22.3 Å². The minimum Gasteiger partial charge on any atom is -0.465 e. The number of esters is 1. The molecule has 2 aromatic heterocycles.